The number of fused-ring (bicyclic) bond motifs is 3. The van der Waals surface area contributed by atoms with E-state index < -0.39 is 11.5 Å². The lowest BCUT2D eigenvalue weighted by atomic mass is 9.42. The number of carbonyl (C=O) groups is 1. The van der Waals surface area contributed by atoms with Gasteiger partial charge in [-0.15, -0.1) is 6.58 Å². The van der Waals surface area contributed by atoms with Crippen molar-refractivity contribution < 1.29 is 15.0 Å². The highest BCUT2D eigenvalue weighted by atomic mass is 16.3. The van der Waals surface area contributed by atoms with Crippen molar-refractivity contribution in [3.05, 3.63) is 12.7 Å². The molecule has 0 heterocycles. The van der Waals surface area contributed by atoms with Gasteiger partial charge in [0.1, 0.15) is 5.78 Å². The van der Waals surface area contributed by atoms with Gasteiger partial charge >= 0.3 is 0 Å². The third-order valence-corrected chi connectivity index (χ3v) is 8.01. The van der Waals surface area contributed by atoms with Crippen LogP contribution in [-0.4, -0.2) is 28.7 Å². The summed E-state index contributed by atoms with van der Waals surface area (Å²) >= 11 is 0. The van der Waals surface area contributed by atoms with Crippen LogP contribution < -0.4 is 0 Å². The molecule has 130 valence electrons. The molecule has 0 aromatic rings. The average Bonchev–Trinajstić information content (AvgIpc) is 2.54. The Morgan fingerprint density at radius 3 is 2.57 bits per heavy atom. The average molecular weight is 320 g/mol. The van der Waals surface area contributed by atoms with Gasteiger partial charge < -0.3 is 10.2 Å². The second kappa shape index (κ2) is 5.42. The summed E-state index contributed by atoms with van der Waals surface area (Å²) in [5.74, 6) is 0.955. The maximum Gasteiger partial charge on any atom is 0.136 e. The van der Waals surface area contributed by atoms with Gasteiger partial charge in [0.15, 0.2) is 0 Å². The zero-order chi connectivity index (χ0) is 17.0. The number of allylic oxidation sites excluding steroid dienone is 1. The highest BCUT2D eigenvalue weighted by molar-refractivity contribution is 5.83. The van der Waals surface area contributed by atoms with Gasteiger partial charge in [-0.2, -0.15) is 0 Å². The summed E-state index contributed by atoms with van der Waals surface area (Å²) in [6.07, 6.45) is 6.81. The van der Waals surface area contributed by atoms with Crippen molar-refractivity contribution in [2.45, 2.75) is 65.4 Å². The van der Waals surface area contributed by atoms with Crippen LogP contribution in [0.3, 0.4) is 0 Å². The molecule has 0 saturated heterocycles. The molecule has 2 N–H and O–H groups in total. The Bertz CT molecular complexity index is 515. The molecule has 3 aliphatic rings. The zero-order valence-electron chi connectivity index (χ0n) is 14.8. The Kier molecular flexibility index (Phi) is 4.04. The van der Waals surface area contributed by atoms with Crippen LogP contribution in [0, 0.1) is 34.0 Å². The molecule has 3 saturated carbocycles. The lowest BCUT2D eigenvalue weighted by Gasteiger charge is -2.62. The Morgan fingerprint density at radius 2 is 1.96 bits per heavy atom. The fraction of sp³-hybridized carbons (Fsp3) is 0.850. The molecule has 3 aliphatic carbocycles. The number of ketones is 1. The summed E-state index contributed by atoms with van der Waals surface area (Å²) in [7, 11) is 0. The van der Waals surface area contributed by atoms with Gasteiger partial charge in [0.05, 0.1) is 12.7 Å². The van der Waals surface area contributed by atoms with E-state index in [1.54, 1.807) is 0 Å². The third kappa shape index (κ3) is 2.34. The Morgan fingerprint density at radius 1 is 1.26 bits per heavy atom. The summed E-state index contributed by atoms with van der Waals surface area (Å²) in [6, 6.07) is 0. The van der Waals surface area contributed by atoms with E-state index in [0.717, 1.165) is 32.1 Å². The van der Waals surface area contributed by atoms with Gasteiger partial charge in [-0.3, -0.25) is 4.79 Å². The summed E-state index contributed by atoms with van der Waals surface area (Å²) in [5.41, 5.74) is -0.418. The van der Waals surface area contributed by atoms with Crippen molar-refractivity contribution >= 4 is 5.78 Å². The molecule has 0 aromatic heterocycles. The van der Waals surface area contributed by atoms with E-state index in [1.807, 2.05) is 13.0 Å². The highest BCUT2D eigenvalue weighted by Gasteiger charge is 2.62. The summed E-state index contributed by atoms with van der Waals surface area (Å²) in [6.45, 7) is 10.5. The second-order valence-corrected chi connectivity index (χ2v) is 9.26. The van der Waals surface area contributed by atoms with Crippen molar-refractivity contribution in [1.82, 2.24) is 0 Å². The number of rotatable bonds is 2. The molecule has 3 fully saturated rings. The smallest absolute Gasteiger partial charge is 0.136 e. The van der Waals surface area contributed by atoms with Gasteiger partial charge in [-0.25, -0.2) is 0 Å². The van der Waals surface area contributed by atoms with Crippen molar-refractivity contribution in [2.24, 2.45) is 34.0 Å². The standard InChI is InChI=1S/C20H32O3/c1-5-18(2)8-6-14-13(11-18)15(22)10-16-19(14,3)9-7-17(23)20(16,4)12-21/h5,13-14,16-17,21,23H,1,6-12H2,2-4H3/t13-,14-,16?,17+,18+,19-,20+/m0/s1. The van der Waals surface area contributed by atoms with E-state index in [2.05, 4.69) is 20.4 Å². The van der Waals surface area contributed by atoms with Gasteiger partial charge in [-0.1, -0.05) is 26.8 Å². The fourth-order valence-corrected chi connectivity index (χ4v) is 6.16. The quantitative estimate of drug-likeness (QED) is 0.767. The van der Waals surface area contributed by atoms with E-state index in [0.29, 0.717) is 18.1 Å². The second-order valence-electron chi connectivity index (χ2n) is 9.26. The first-order chi connectivity index (χ1) is 10.7. The molecule has 0 aromatic carbocycles. The van der Waals surface area contributed by atoms with Crippen LogP contribution in [0.1, 0.15) is 59.3 Å². The van der Waals surface area contributed by atoms with Crippen LogP contribution >= 0.6 is 0 Å². The molecule has 0 aliphatic heterocycles. The Labute approximate surface area is 140 Å². The number of Topliss-reactive ketones (excluding diaryl/α,β-unsaturated/α-hetero) is 1. The maximum absolute atomic E-state index is 12.9. The minimum Gasteiger partial charge on any atom is -0.396 e. The van der Waals surface area contributed by atoms with Crippen LogP contribution in [0.15, 0.2) is 12.7 Å². The summed E-state index contributed by atoms with van der Waals surface area (Å²) in [4.78, 5) is 12.9. The molecular weight excluding hydrogens is 288 g/mol. The van der Waals surface area contributed by atoms with Crippen LogP contribution in [0.5, 0.6) is 0 Å². The van der Waals surface area contributed by atoms with Gasteiger partial charge in [0.25, 0.3) is 0 Å². The molecule has 3 rings (SSSR count). The molecule has 1 unspecified atom stereocenters. The molecule has 0 radical (unpaired) electrons. The molecule has 0 spiro atoms. The molecular formula is C20H32O3. The number of hydrogen-bond donors (Lipinski definition) is 2. The lowest BCUT2D eigenvalue weighted by Crippen LogP contribution is -2.61. The predicted molar refractivity (Wildman–Crippen MR) is 90.8 cm³/mol. The van der Waals surface area contributed by atoms with Gasteiger partial charge in [-0.05, 0) is 54.8 Å². The van der Waals surface area contributed by atoms with Crippen LogP contribution in [0.25, 0.3) is 0 Å². The first kappa shape index (κ1) is 17.2. The Balaban J connectivity index is 1.97. The first-order valence-corrected chi connectivity index (χ1v) is 9.15. The largest absolute Gasteiger partial charge is 0.396 e. The van der Waals surface area contributed by atoms with Crippen LogP contribution in [-0.2, 0) is 4.79 Å². The van der Waals surface area contributed by atoms with E-state index >= 15 is 0 Å². The molecule has 0 amide bonds. The SMILES string of the molecule is C=C[C@]1(C)CC[C@H]2[C@H](C1)C(=O)CC1[C@@](C)(CO)[C@H](O)CC[C@]12C. The topological polar surface area (TPSA) is 57.5 Å². The number of hydrogen-bond acceptors (Lipinski definition) is 3. The monoisotopic (exact) mass is 320 g/mol. The van der Waals surface area contributed by atoms with E-state index in [9.17, 15) is 15.0 Å². The zero-order valence-corrected chi connectivity index (χ0v) is 14.8. The van der Waals surface area contributed by atoms with Crippen molar-refractivity contribution in [1.29, 1.82) is 0 Å². The number of aliphatic hydroxyl groups is 2. The van der Waals surface area contributed by atoms with Crippen LogP contribution in [0.2, 0.25) is 0 Å². The van der Waals surface area contributed by atoms with Gasteiger partial charge in [0, 0.05) is 17.8 Å². The highest BCUT2D eigenvalue weighted by Crippen LogP contribution is 2.64. The molecule has 7 atom stereocenters. The number of aliphatic hydroxyl groups excluding tert-OH is 2. The van der Waals surface area contributed by atoms with Gasteiger partial charge in [0.2, 0.25) is 0 Å². The van der Waals surface area contributed by atoms with Crippen molar-refractivity contribution in [3.63, 3.8) is 0 Å². The third-order valence-electron chi connectivity index (χ3n) is 8.01. The minimum atomic E-state index is -0.549. The molecule has 3 nitrogen and oxygen atoms in total. The van der Waals surface area contributed by atoms with E-state index in [1.165, 1.54) is 0 Å². The number of carbonyl (C=O) groups excluding carboxylic acids is 1. The predicted octanol–water partition coefficient (Wildman–Crippen LogP) is 3.34. The van der Waals surface area contributed by atoms with Crippen molar-refractivity contribution in [3.8, 4) is 0 Å². The fourth-order valence-electron chi connectivity index (χ4n) is 6.16. The van der Waals surface area contributed by atoms with E-state index in [-0.39, 0.29) is 29.3 Å². The first-order valence-electron chi connectivity index (χ1n) is 9.15. The lowest BCUT2D eigenvalue weighted by molar-refractivity contribution is -0.186. The molecule has 23 heavy (non-hydrogen) atoms. The minimum absolute atomic E-state index is 0.0382. The summed E-state index contributed by atoms with van der Waals surface area (Å²) in [5, 5.41) is 20.5. The summed E-state index contributed by atoms with van der Waals surface area (Å²) < 4.78 is 0. The molecule has 0 bridgehead atoms. The normalized spacial score (nSPS) is 53.3. The molecule has 3 heteroatoms. The van der Waals surface area contributed by atoms with Crippen LogP contribution in [0.4, 0.5) is 0 Å². The van der Waals surface area contributed by atoms with Crippen molar-refractivity contribution in [2.75, 3.05) is 6.61 Å². The maximum atomic E-state index is 12.9. The van der Waals surface area contributed by atoms with E-state index in [4.69, 9.17) is 0 Å². The Hall–Kier alpha value is -0.670.